The van der Waals surface area contributed by atoms with Gasteiger partial charge < -0.3 is 45.6 Å². The van der Waals surface area contributed by atoms with Crippen LogP contribution in [0.5, 0.6) is 0 Å². The van der Waals surface area contributed by atoms with E-state index in [2.05, 4.69) is 29.8 Å². The Hall–Kier alpha value is -3.26. The maximum absolute atomic E-state index is 14.2. The molecule has 1 aromatic rings. The summed E-state index contributed by atoms with van der Waals surface area (Å²) in [5.74, 6) is -1.43. The molecule has 0 aromatic heterocycles. The van der Waals surface area contributed by atoms with Crippen molar-refractivity contribution < 1.29 is 44.0 Å². The molecular formula is C55H98N4O9. The Bertz CT molecular complexity index is 1450. The van der Waals surface area contributed by atoms with Crippen LogP contribution >= 0.6 is 0 Å². The number of ether oxygens (including phenoxy) is 2. The molecule has 1 heterocycles. The van der Waals surface area contributed by atoms with Crippen molar-refractivity contribution in [2.45, 2.75) is 270 Å². The van der Waals surface area contributed by atoms with Crippen molar-refractivity contribution in [1.29, 1.82) is 0 Å². The van der Waals surface area contributed by atoms with Crippen molar-refractivity contribution in [3.63, 3.8) is 0 Å². The standard InChI is InChI=1S/C55H98N4O9/c1-6-8-10-12-14-16-18-20-21-22-23-25-27-29-34-38-48(61)59(39-35-30-28-26-24-19-17-15-13-11-9-7-2)54-49(51(63)50(62)47(41-60)68-54)58-52(64)44(5)56-53(65)46(40-43(3)4)57-55(66)67-42-45-36-32-31-33-37-45/h31-33,36-37,43-44,46-47,49-51,54,60,62-63H,6-30,34-35,38-42H2,1-5H3,(H,56,65)(H,57,66)(H,58,64)/t44-,46-,47+,49+,50+,51+,54+/m0/s1. The highest BCUT2D eigenvalue weighted by Crippen LogP contribution is 2.26. The average Bonchev–Trinajstić information content (AvgIpc) is 3.32. The summed E-state index contributed by atoms with van der Waals surface area (Å²) >= 11 is 0. The number of benzene rings is 1. The Morgan fingerprint density at radius 2 is 1.10 bits per heavy atom. The predicted molar refractivity (Wildman–Crippen MR) is 273 cm³/mol. The van der Waals surface area contributed by atoms with E-state index in [1.807, 2.05) is 44.2 Å². The number of hydrogen-bond acceptors (Lipinski definition) is 9. The molecule has 7 atom stereocenters. The molecule has 1 saturated heterocycles. The average molecular weight is 959 g/mol. The number of carbonyl (C=O) groups excluding carboxylic acids is 4. The zero-order chi connectivity index (χ0) is 49.8. The number of hydrogen-bond donors (Lipinski definition) is 6. The third-order valence-electron chi connectivity index (χ3n) is 13.4. The van der Waals surface area contributed by atoms with E-state index in [9.17, 15) is 34.5 Å². The molecule has 2 rings (SSSR count). The number of amides is 4. The van der Waals surface area contributed by atoms with Crippen LogP contribution in [-0.2, 0) is 30.5 Å². The molecule has 1 fully saturated rings. The first-order valence-electron chi connectivity index (χ1n) is 27.4. The summed E-state index contributed by atoms with van der Waals surface area (Å²) in [5.41, 5.74) is 0.791. The summed E-state index contributed by atoms with van der Waals surface area (Å²) in [6.07, 6.45) is 26.4. The number of aliphatic hydroxyl groups excluding tert-OH is 3. The number of nitrogens with zero attached hydrogens (tertiary/aromatic N) is 1. The van der Waals surface area contributed by atoms with Gasteiger partial charge in [-0.2, -0.15) is 0 Å². The van der Waals surface area contributed by atoms with E-state index in [1.165, 1.54) is 129 Å². The summed E-state index contributed by atoms with van der Waals surface area (Å²) in [5, 5.41) is 40.9. The van der Waals surface area contributed by atoms with Crippen LogP contribution in [0, 0.1) is 5.92 Å². The minimum atomic E-state index is -1.59. The molecule has 392 valence electrons. The Morgan fingerprint density at radius 3 is 1.57 bits per heavy atom. The lowest BCUT2D eigenvalue weighted by molar-refractivity contribution is -0.231. The lowest BCUT2D eigenvalue weighted by atomic mass is 9.94. The van der Waals surface area contributed by atoms with Gasteiger partial charge in [0.25, 0.3) is 0 Å². The SMILES string of the molecule is CCCCCCCCCCCCCCCCCC(=O)N(CCCCCCCCCCCCCC)[C@@H]1O[C@H](CO)[C@@H](O)[C@H](O)[C@H]1NC(=O)[C@H](C)NC(=O)[C@H](CC(C)C)NC(=O)OCc1ccccc1. The summed E-state index contributed by atoms with van der Waals surface area (Å²) in [6.45, 7) is 9.54. The van der Waals surface area contributed by atoms with Gasteiger partial charge in [0.2, 0.25) is 17.7 Å². The Morgan fingerprint density at radius 1 is 0.632 bits per heavy atom. The van der Waals surface area contributed by atoms with E-state index in [0.717, 1.165) is 44.1 Å². The zero-order valence-electron chi connectivity index (χ0n) is 43.4. The molecule has 1 aliphatic rings. The molecule has 13 heteroatoms. The van der Waals surface area contributed by atoms with Gasteiger partial charge in [-0.15, -0.1) is 0 Å². The predicted octanol–water partition coefficient (Wildman–Crippen LogP) is 10.5. The highest BCUT2D eigenvalue weighted by Gasteiger charge is 2.48. The second-order valence-electron chi connectivity index (χ2n) is 20.1. The van der Waals surface area contributed by atoms with Crippen LogP contribution in [0.2, 0.25) is 0 Å². The van der Waals surface area contributed by atoms with Gasteiger partial charge in [-0.1, -0.05) is 219 Å². The van der Waals surface area contributed by atoms with Crippen LogP contribution in [0.4, 0.5) is 4.79 Å². The van der Waals surface area contributed by atoms with Crippen molar-refractivity contribution >= 4 is 23.8 Å². The highest BCUT2D eigenvalue weighted by atomic mass is 16.6. The zero-order valence-corrected chi connectivity index (χ0v) is 43.4. The molecule has 0 spiro atoms. The topological polar surface area (TPSA) is 187 Å². The first kappa shape index (κ1) is 60.9. The van der Waals surface area contributed by atoms with Crippen molar-refractivity contribution in [1.82, 2.24) is 20.9 Å². The minimum Gasteiger partial charge on any atom is -0.445 e. The number of unbranched alkanes of at least 4 members (excludes halogenated alkanes) is 25. The Kier molecular flexibility index (Phi) is 34.4. The van der Waals surface area contributed by atoms with Crippen LogP contribution in [0.15, 0.2) is 30.3 Å². The minimum absolute atomic E-state index is 0.0172. The molecule has 1 aliphatic heterocycles. The first-order chi connectivity index (χ1) is 32.9. The Balaban J connectivity index is 2.06. The maximum atomic E-state index is 14.2. The van der Waals surface area contributed by atoms with Crippen molar-refractivity contribution in [2.75, 3.05) is 13.2 Å². The van der Waals surface area contributed by atoms with Gasteiger partial charge in [-0.25, -0.2) is 4.79 Å². The van der Waals surface area contributed by atoms with E-state index in [1.54, 1.807) is 4.90 Å². The molecule has 0 saturated carbocycles. The molecule has 4 amide bonds. The summed E-state index contributed by atoms with van der Waals surface area (Å²) in [6, 6.07) is 5.77. The van der Waals surface area contributed by atoms with Gasteiger partial charge >= 0.3 is 6.09 Å². The number of aliphatic hydroxyl groups is 3. The summed E-state index contributed by atoms with van der Waals surface area (Å²) in [7, 11) is 0. The second kappa shape index (κ2) is 38.5. The third kappa shape index (κ3) is 26.6. The number of rotatable bonds is 40. The van der Waals surface area contributed by atoms with Crippen LogP contribution in [-0.4, -0.2) is 99.9 Å². The highest BCUT2D eigenvalue weighted by molar-refractivity contribution is 5.91. The lowest BCUT2D eigenvalue weighted by Gasteiger charge is -2.47. The smallest absolute Gasteiger partial charge is 0.408 e. The quantitative estimate of drug-likeness (QED) is 0.0348. The molecular weight excluding hydrogens is 861 g/mol. The van der Waals surface area contributed by atoms with Gasteiger partial charge in [0.1, 0.15) is 43.0 Å². The molecule has 0 unspecified atom stereocenters. The fourth-order valence-corrected chi connectivity index (χ4v) is 9.11. The summed E-state index contributed by atoms with van der Waals surface area (Å²) in [4.78, 5) is 56.0. The molecule has 13 nitrogen and oxygen atoms in total. The van der Waals surface area contributed by atoms with Gasteiger partial charge in [0, 0.05) is 13.0 Å². The van der Waals surface area contributed by atoms with Gasteiger partial charge in [0.05, 0.1) is 6.61 Å². The van der Waals surface area contributed by atoms with Crippen molar-refractivity contribution in [3.8, 4) is 0 Å². The lowest BCUT2D eigenvalue weighted by Crippen LogP contribution is -2.70. The van der Waals surface area contributed by atoms with E-state index in [4.69, 9.17) is 9.47 Å². The normalized spacial score (nSPS) is 19.0. The van der Waals surface area contributed by atoms with E-state index >= 15 is 0 Å². The summed E-state index contributed by atoms with van der Waals surface area (Å²) < 4.78 is 11.6. The number of alkyl carbamates (subject to hydrolysis) is 1. The van der Waals surface area contributed by atoms with Crippen LogP contribution in [0.1, 0.15) is 226 Å². The maximum Gasteiger partial charge on any atom is 0.408 e. The van der Waals surface area contributed by atoms with Gasteiger partial charge in [-0.05, 0) is 37.7 Å². The largest absolute Gasteiger partial charge is 0.445 e. The fraction of sp³-hybridized carbons (Fsp3) is 0.818. The van der Waals surface area contributed by atoms with E-state index < -0.39 is 67.2 Å². The molecule has 0 aliphatic carbocycles. The van der Waals surface area contributed by atoms with E-state index in [-0.39, 0.29) is 31.3 Å². The second-order valence-corrected chi connectivity index (χ2v) is 20.1. The van der Waals surface area contributed by atoms with E-state index in [0.29, 0.717) is 19.4 Å². The molecule has 0 radical (unpaired) electrons. The number of nitrogens with one attached hydrogen (secondary N) is 3. The monoisotopic (exact) mass is 959 g/mol. The molecule has 0 bridgehead atoms. The number of carbonyl (C=O) groups is 4. The van der Waals surface area contributed by atoms with Crippen LogP contribution in [0.3, 0.4) is 0 Å². The molecule has 1 aromatic carbocycles. The first-order valence-corrected chi connectivity index (χ1v) is 27.4. The third-order valence-corrected chi connectivity index (χ3v) is 13.4. The van der Waals surface area contributed by atoms with Crippen molar-refractivity contribution in [2.24, 2.45) is 5.92 Å². The fourth-order valence-electron chi connectivity index (χ4n) is 9.11. The Labute approximate surface area is 412 Å². The van der Waals surface area contributed by atoms with Crippen LogP contribution < -0.4 is 16.0 Å². The van der Waals surface area contributed by atoms with Crippen LogP contribution in [0.25, 0.3) is 0 Å². The molecule has 68 heavy (non-hydrogen) atoms. The van der Waals surface area contributed by atoms with Crippen molar-refractivity contribution in [3.05, 3.63) is 35.9 Å². The van der Waals surface area contributed by atoms with Gasteiger partial charge in [0.15, 0.2) is 6.23 Å². The molecule has 6 N–H and O–H groups in total. The van der Waals surface area contributed by atoms with Gasteiger partial charge in [-0.3, -0.25) is 14.4 Å².